The van der Waals surface area contributed by atoms with Gasteiger partial charge in [-0.05, 0) is 49.2 Å². The summed E-state index contributed by atoms with van der Waals surface area (Å²) in [4.78, 5) is 27.3. The van der Waals surface area contributed by atoms with Crippen molar-refractivity contribution >= 4 is 40.7 Å². The van der Waals surface area contributed by atoms with Crippen LogP contribution in [-0.4, -0.2) is 48.6 Å². The van der Waals surface area contributed by atoms with Crippen molar-refractivity contribution in [1.29, 1.82) is 0 Å². The van der Waals surface area contributed by atoms with Crippen molar-refractivity contribution in [3.8, 4) is 5.75 Å². The van der Waals surface area contributed by atoms with E-state index in [1.807, 2.05) is 6.92 Å². The molecule has 1 atom stereocenters. The molecule has 8 heteroatoms. The summed E-state index contributed by atoms with van der Waals surface area (Å²) < 4.78 is 10.6. The summed E-state index contributed by atoms with van der Waals surface area (Å²) in [6.07, 6.45) is 0.536. The second-order valence-electron chi connectivity index (χ2n) is 6.97. The van der Waals surface area contributed by atoms with Gasteiger partial charge in [0, 0.05) is 30.8 Å². The fourth-order valence-electron chi connectivity index (χ4n) is 3.57. The van der Waals surface area contributed by atoms with Crippen LogP contribution in [-0.2, 0) is 14.3 Å². The van der Waals surface area contributed by atoms with E-state index in [4.69, 9.17) is 32.7 Å². The summed E-state index contributed by atoms with van der Waals surface area (Å²) in [5.41, 5.74) is 0.849. The van der Waals surface area contributed by atoms with Gasteiger partial charge in [0.1, 0.15) is 11.5 Å². The summed E-state index contributed by atoms with van der Waals surface area (Å²) in [6, 6.07) is 10.8. The number of carbonyl (C=O) groups excluding carboxylic acids is 2. The van der Waals surface area contributed by atoms with Crippen LogP contribution in [0.3, 0.4) is 0 Å². The van der Waals surface area contributed by atoms with E-state index in [0.29, 0.717) is 36.0 Å². The van der Waals surface area contributed by atoms with E-state index >= 15 is 0 Å². The molecule has 1 saturated heterocycles. The van der Waals surface area contributed by atoms with Crippen LogP contribution >= 0.6 is 23.2 Å². The minimum absolute atomic E-state index is 0.0275. The van der Waals surface area contributed by atoms with Crippen LogP contribution in [0.2, 0.25) is 10.0 Å². The number of hydrogen-bond acceptors (Lipinski definition) is 5. The second kappa shape index (κ2) is 10.2. The third kappa shape index (κ3) is 4.87. The van der Waals surface area contributed by atoms with Crippen LogP contribution in [0.15, 0.2) is 48.0 Å². The number of ether oxygens (including phenoxy) is 2. The summed E-state index contributed by atoms with van der Waals surface area (Å²) in [5.74, 6) is -1.31. The molecule has 164 valence electrons. The topological polar surface area (TPSA) is 76.1 Å². The highest BCUT2D eigenvalue weighted by Gasteiger charge is 2.46. The molecule has 1 heterocycles. The van der Waals surface area contributed by atoms with E-state index in [9.17, 15) is 14.7 Å². The molecule has 31 heavy (non-hydrogen) atoms. The van der Waals surface area contributed by atoms with Gasteiger partial charge in [-0.3, -0.25) is 9.59 Å². The molecule has 0 saturated carbocycles. The third-order valence-corrected chi connectivity index (χ3v) is 5.56. The number of rotatable bonds is 8. The summed E-state index contributed by atoms with van der Waals surface area (Å²) >= 11 is 12.3. The van der Waals surface area contributed by atoms with E-state index < -0.39 is 17.7 Å². The van der Waals surface area contributed by atoms with Crippen LogP contribution in [0.4, 0.5) is 0 Å². The van der Waals surface area contributed by atoms with Crippen molar-refractivity contribution in [3.63, 3.8) is 0 Å². The van der Waals surface area contributed by atoms with E-state index in [1.165, 1.54) is 4.90 Å². The molecule has 0 aliphatic carbocycles. The van der Waals surface area contributed by atoms with Gasteiger partial charge in [0.05, 0.1) is 23.2 Å². The number of amides is 1. The molecule has 1 unspecified atom stereocenters. The Bertz CT molecular complexity index is 1000. The number of benzene rings is 2. The molecule has 0 bridgehead atoms. The summed E-state index contributed by atoms with van der Waals surface area (Å²) in [6.45, 7) is 2.98. The van der Waals surface area contributed by atoms with Crippen molar-refractivity contribution in [1.82, 2.24) is 4.90 Å². The van der Waals surface area contributed by atoms with Gasteiger partial charge >= 0.3 is 0 Å². The zero-order chi connectivity index (χ0) is 22.5. The Labute approximate surface area is 191 Å². The Morgan fingerprint density at radius 1 is 1.13 bits per heavy atom. The van der Waals surface area contributed by atoms with Crippen molar-refractivity contribution in [2.24, 2.45) is 0 Å². The lowest BCUT2D eigenvalue weighted by molar-refractivity contribution is -0.140. The second-order valence-corrected chi connectivity index (χ2v) is 7.81. The number of halogens is 2. The van der Waals surface area contributed by atoms with Crippen molar-refractivity contribution in [3.05, 3.63) is 69.2 Å². The molecule has 0 spiro atoms. The van der Waals surface area contributed by atoms with Crippen LogP contribution < -0.4 is 4.74 Å². The zero-order valence-electron chi connectivity index (χ0n) is 17.2. The summed E-state index contributed by atoms with van der Waals surface area (Å²) in [5, 5.41) is 11.9. The molecule has 0 aromatic heterocycles. The maximum atomic E-state index is 13.0. The van der Waals surface area contributed by atoms with Gasteiger partial charge in [0.2, 0.25) is 0 Å². The molecular formula is C23H23Cl2NO5. The van der Waals surface area contributed by atoms with Gasteiger partial charge in [-0.15, -0.1) is 0 Å². The molecular weight excluding hydrogens is 441 g/mol. The van der Waals surface area contributed by atoms with Crippen LogP contribution in [0.5, 0.6) is 5.75 Å². The maximum absolute atomic E-state index is 13.0. The molecule has 1 N–H and O–H groups in total. The molecule has 2 aromatic carbocycles. The normalized spacial score (nSPS) is 17.9. The molecule has 1 amide bonds. The average Bonchev–Trinajstić information content (AvgIpc) is 3.00. The van der Waals surface area contributed by atoms with E-state index in [1.54, 1.807) is 49.6 Å². The smallest absolute Gasteiger partial charge is 0.295 e. The first kappa shape index (κ1) is 23.1. The molecule has 0 radical (unpaired) electrons. The van der Waals surface area contributed by atoms with Crippen LogP contribution in [0, 0.1) is 0 Å². The number of methoxy groups -OCH3 is 1. The fraction of sp³-hybridized carbons (Fsp3) is 0.304. The van der Waals surface area contributed by atoms with Crippen LogP contribution in [0.1, 0.15) is 30.5 Å². The highest BCUT2D eigenvalue weighted by molar-refractivity contribution is 6.47. The monoisotopic (exact) mass is 463 g/mol. The predicted octanol–water partition coefficient (Wildman–Crippen LogP) is 4.85. The largest absolute Gasteiger partial charge is 0.507 e. The van der Waals surface area contributed by atoms with E-state index in [0.717, 1.165) is 0 Å². The highest BCUT2D eigenvalue weighted by Crippen LogP contribution is 2.41. The van der Waals surface area contributed by atoms with Crippen molar-refractivity contribution in [2.75, 3.05) is 26.9 Å². The first-order valence-corrected chi connectivity index (χ1v) is 10.6. The third-order valence-electron chi connectivity index (χ3n) is 4.98. The molecule has 1 aliphatic rings. The number of carbonyl (C=O) groups is 2. The van der Waals surface area contributed by atoms with Gasteiger partial charge in [-0.2, -0.15) is 0 Å². The number of aliphatic hydroxyl groups excluding tert-OH is 1. The SMILES string of the molecule is CCOc1ccc(Cl)c(/C(O)=C2\C(=O)C(=O)N(CCCOC)C2c2ccc(Cl)cc2)c1. The summed E-state index contributed by atoms with van der Waals surface area (Å²) in [7, 11) is 1.57. The first-order chi connectivity index (χ1) is 14.9. The molecule has 6 nitrogen and oxygen atoms in total. The Hall–Kier alpha value is -2.54. The number of aliphatic hydroxyl groups is 1. The number of likely N-dealkylation sites (tertiary alicyclic amines) is 1. The number of hydrogen-bond donors (Lipinski definition) is 1. The quantitative estimate of drug-likeness (QED) is 0.262. The lowest BCUT2D eigenvalue weighted by atomic mass is 9.95. The van der Waals surface area contributed by atoms with Crippen molar-refractivity contribution < 1.29 is 24.2 Å². The Morgan fingerprint density at radius 2 is 1.84 bits per heavy atom. The first-order valence-electron chi connectivity index (χ1n) is 9.84. The molecule has 1 fully saturated rings. The van der Waals surface area contributed by atoms with Gasteiger partial charge in [-0.1, -0.05) is 35.3 Å². The molecule has 3 rings (SSSR count). The minimum atomic E-state index is -0.777. The molecule has 1 aliphatic heterocycles. The van der Waals surface area contributed by atoms with Gasteiger partial charge < -0.3 is 19.5 Å². The lowest BCUT2D eigenvalue weighted by Crippen LogP contribution is -2.31. The number of ketones is 1. The van der Waals surface area contributed by atoms with Gasteiger partial charge in [-0.25, -0.2) is 0 Å². The number of nitrogens with zero attached hydrogens (tertiary/aromatic N) is 1. The fourth-order valence-corrected chi connectivity index (χ4v) is 3.90. The van der Waals surface area contributed by atoms with E-state index in [-0.39, 0.29) is 28.5 Å². The lowest BCUT2D eigenvalue weighted by Gasteiger charge is -2.25. The Balaban J connectivity index is 2.15. The number of Topliss-reactive ketones (excluding diaryl/α,β-unsaturated/α-hetero) is 1. The van der Waals surface area contributed by atoms with Crippen molar-refractivity contribution in [2.45, 2.75) is 19.4 Å². The standard InChI is InChI=1S/C23H23Cl2NO5/c1-3-31-16-9-10-18(25)17(13-16)21(27)19-20(14-5-7-15(24)8-6-14)26(11-4-12-30-2)23(29)22(19)28/h5-10,13,20,27H,3-4,11-12H2,1-2H3/b21-19+. The van der Waals surface area contributed by atoms with Crippen LogP contribution in [0.25, 0.3) is 5.76 Å². The predicted molar refractivity (Wildman–Crippen MR) is 120 cm³/mol. The minimum Gasteiger partial charge on any atom is -0.507 e. The Morgan fingerprint density at radius 3 is 2.48 bits per heavy atom. The average molecular weight is 464 g/mol. The van der Waals surface area contributed by atoms with Gasteiger partial charge in [0.15, 0.2) is 0 Å². The molecule has 2 aromatic rings. The van der Waals surface area contributed by atoms with E-state index in [2.05, 4.69) is 0 Å². The maximum Gasteiger partial charge on any atom is 0.295 e. The zero-order valence-corrected chi connectivity index (χ0v) is 18.7. The Kier molecular flexibility index (Phi) is 7.59. The highest BCUT2D eigenvalue weighted by atomic mass is 35.5. The van der Waals surface area contributed by atoms with Gasteiger partial charge in [0.25, 0.3) is 11.7 Å².